The van der Waals surface area contributed by atoms with Gasteiger partial charge >= 0.3 is 5.97 Å². The fourth-order valence-electron chi connectivity index (χ4n) is 1.29. The molecule has 1 rings (SSSR count). The van der Waals surface area contributed by atoms with Gasteiger partial charge in [0, 0.05) is 12.1 Å². The summed E-state index contributed by atoms with van der Waals surface area (Å²) in [5, 5.41) is 9.53. The monoisotopic (exact) mass is 246 g/mol. The molecule has 0 unspecified atom stereocenters. The van der Waals surface area contributed by atoms with Crippen molar-refractivity contribution >= 4 is 5.97 Å². The van der Waals surface area contributed by atoms with Gasteiger partial charge in [-0.15, -0.1) is 0 Å². The summed E-state index contributed by atoms with van der Waals surface area (Å²) < 4.78 is 29.5. The molecule has 5 nitrogen and oxygen atoms in total. The average Bonchev–Trinajstić information content (AvgIpc) is 2.31. The Bertz CT molecular complexity index is 424. The van der Waals surface area contributed by atoms with E-state index in [1.165, 1.54) is 13.2 Å². The molecule has 0 spiro atoms. The molecule has 0 aromatic carbocycles. The van der Waals surface area contributed by atoms with Gasteiger partial charge in [-0.1, -0.05) is 0 Å². The fourth-order valence-corrected chi connectivity index (χ4v) is 1.29. The van der Waals surface area contributed by atoms with Crippen molar-refractivity contribution in [1.82, 2.24) is 4.98 Å². The molecular formula is C10H12F2N2O3. The van der Waals surface area contributed by atoms with Crippen LogP contribution >= 0.6 is 0 Å². The number of methoxy groups -OCH3 is 1. The third kappa shape index (κ3) is 3.10. The van der Waals surface area contributed by atoms with E-state index < -0.39 is 23.8 Å². The fraction of sp³-hybridized carbons (Fsp3) is 0.400. The summed E-state index contributed by atoms with van der Waals surface area (Å²) in [6.45, 7) is -0.0613. The summed E-state index contributed by atoms with van der Waals surface area (Å²) in [5.74, 6) is -1.34. The van der Waals surface area contributed by atoms with Crippen LogP contribution in [0.15, 0.2) is 6.07 Å². The SMILES string of the molecule is COC(=O)Cc1cc(CN)nc(C(F)F)c1O. The summed E-state index contributed by atoms with van der Waals surface area (Å²) >= 11 is 0. The number of hydrogen-bond donors (Lipinski definition) is 2. The predicted octanol–water partition coefficient (Wildman–Crippen LogP) is 0.899. The normalized spacial score (nSPS) is 10.6. The molecule has 0 fully saturated rings. The van der Waals surface area contributed by atoms with Crippen molar-refractivity contribution in [2.24, 2.45) is 5.73 Å². The standard InChI is InChI=1S/C10H12F2N2O3/c1-17-7(15)3-5-2-6(4-13)14-8(9(5)16)10(11)12/h2,10,16H,3-4,13H2,1H3. The third-order valence-electron chi connectivity index (χ3n) is 2.13. The van der Waals surface area contributed by atoms with Crippen LogP contribution in [0.5, 0.6) is 5.75 Å². The first kappa shape index (κ1) is 13.3. The van der Waals surface area contributed by atoms with E-state index in [1.54, 1.807) is 0 Å². The maximum absolute atomic E-state index is 12.6. The highest BCUT2D eigenvalue weighted by Gasteiger charge is 2.20. The number of nitrogens with two attached hydrogens (primary N) is 1. The molecule has 0 aliphatic carbocycles. The molecule has 1 aromatic heterocycles. The summed E-state index contributed by atoms with van der Waals surface area (Å²) in [6, 6.07) is 1.30. The molecule has 1 aromatic rings. The van der Waals surface area contributed by atoms with Crippen LogP contribution in [0, 0.1) is 0 Å². The van der Waals surface area contributed by atoms with Gasteiger partial charge in [-0.2, -0.15) is 0 Å². The van der Waals surface area contributed by atoms with E-state index in [2.05, 4.69) is 9.72 Å². The van der Waals surface area contributed by atoms with Crippen molar-refractivity contribution in [2.75, 3.05) is 7.11 Å². The molecule has 0 atom stereocenters. The first-order valence-corrected chi connectivity index (χ1v) is 4.76. The lowest BCUT2D eigenvalue weighted by atomic mass is 10.1. The number of nitrogens with zero attached hydrogens (tertiary/aromatic N) is 1. The molecule has 0 radical (unpaired) electrons. The molecule has 0 aliphatic heterocycles. The number of carbonyl (C=O) groups excluding carboxylic acids is 1. The van der Waals surface area contributed by atoms with Crippen molar-refractivity contribution in [2.45, 2.75) is 19.4 Å². The quantitative estimate of drug-likeness (QED) is 0.771. The minimum absolute atomic E-state index is 0.0302. The molecule has 3 N–H and O–H groups in total. The topological polar surface area (TPSA) is 85.4 Å². The van der Waals surface area contributed by atoms with Crippen molar-refractivity contribution in [3.63, 3.8) is 0 Å². The Labute approximate surface area is 96.2 Å². The molecular weight excluding hydrogens is 234 g/mol. The Morgan fingerprint density at radius 3 is 2.76 bits per heavy atom. The van der Waals surface area contributed by atoms with Crippen LogP contribution in [0.25, 0.3) is 0 Å². The third-order valence-corrected chi connectivity index (χ3v) is 2.13. The van der Waals surface area contributed by atoms with Crippen LogP contribution in [0.4, 0.5) is 8.78 Å². The van der Waals surface area contributed by atoms with E-state index in [0.717, 1.165) is 0 Å². The number of hydrogen-bond acceptors (Lipinski definition) is 5. The predicted molar refractivity (Wildman–Crippen MR) is 54.5 cm³/mol. The zero-order chi connectivity index (χ0) is 13.0. The first-order valence-electron chi connectivity index (χ1n) is 4.76. The Hall–Kier alpha value is -1.76. The molecule has 0 saturated heterocycles. The van der Waals surface area contributed by atoms with Gasteiger partial charge in [-0.3, -0.25) is 4.79 Å². The lowest BCUT2D eigenvalue weighted by Gasteiger charge is -2.10. The van der Waals surface area contributed by atoms with Gasteiger partial charge in [0.1, 0.15) is 11.4 Å². The van der Waals surface area contributed by atoms with Gasteiger partial charge in [0.15, 0.2) is 0 Å². The molecule has 1 heterocycles. The number of esters is 1. The summed E-state index contributed by atoms with van der Waals surface area (Å²) in [5.41, 5.74) is 4.73. The Kier molecular flexibility index (Phi) is 4.33. The van der Waals surface area contributed by atoms with Gasteiger partial charge in [0.2, 0.25) is 0 Å². The molecule has 7 heteroatoms. The maximum Gasteiger partial charge on any atom is 0.310 e. The van der Waals surface area contributed by atoms with E-state index in [4.69, 9.17) is 5.73 Å². The highest BCUT2D eigenvalue weighted by molar-refractivity contribution is 5.73. The largest absolute Gasteiger partial charge is 0.506 e. The van der Waals surface area contributed by atoms with Gasteiger partial charge in [-0.05, 0) is 6.07 Å². The van der Waals surface area contributed by atoms with Crippen LogP contribution < -0.4 is 5.73 Å². The lowest BCUT2D eigenvalue weighted by molar-refractivity contribution is -0.139. The van der Waals surface area contributed by atoms with Gasteiger partial charge in [0.05, 0.1) is 19.2 Å². The molecule has 0 saturated carbocycles. The first-order chi connectivity index (χ1) is 7.99. The second-order valence-electron chi connectivity index (χ2n) is 3.26. The number of halogens is 2. The highest BCUT2D eigenvalue weighted by Crippen LogP contribution is 2.30. The van der Waals surface area contributed by atoms with Gasteiger partial charge in [0.25, 0.3) is 6.43 Å². The second kappa shape index (κ2) is 5.53. The van der Waals surface area contributed by atoms with E-state index in [0.29, 0.717) is 0 Å². The molecule has 0 amide bonds. The number of rotatable bonds is 4. The number of alkyl halides is 2. The summed E-state index contributed by atoms with van der Waals surface area (Å²) in [7, 11) is 1.17. The second-order valence-corrected chi connectivity index (χ2v) is 3.26. The number of ether oxygens (including phenoxy) is 1. The number of aromatic nitrogens is 1. The van der Waals surface area contributed by atoms with Crippen LogP contribution in [0.3, 0.4) is 0 Å². The van der Waals surface area contributed by atoms with Gasteiger partial charge < -0.3 is 15.6 Å². The molecule has 0 aliphatic rings. The molecule has 17 heavy (non-hydrogen) atoms. The lowest BCUT2D eigenvalue weighted by Crippen LogP contribution is -2.09. The smallest absolute Gasteiger partial charge is 0.310 e. The van der Waals surface area contributed by atoms with E-state index in [9.17, 15) is 18.7 Å². The van der Waals surface area contributed by atoms with Crippen LogP contribution in [-0.2, 0) is 22.5 Å². The van der Waals surface area contributed by atoms with Crippen molar-refractivity contribution in [3.05, 3.63) is 23.0 Å². The van der Waals surface area contributed by atoms with Crippen molar-refractivity contribution in [1.29, 1.82) is 0 Å². The van der Waals surface area contributed by atoms with Crippen LogP contribution in [0.2, 0.25) is 0 Å². The minimum Gasteiger partial charge on any atom is -0.506 e. The van der Waals surface area contributed by atoms with E-state index in [-0.39, 0.29) is 24.2 Å². The summed E-state index contributed by atoms with van der Waals surface area (Å²) in [6.07, 6.45) is -3.24. The number of carbonyl (C=O) groups is 1. The zero-order valence-electron chi connectivity index (χ0n) is 9.11. The average molecular weight is 246 g/mol. The van der Waals surface area contributed by atoms with Crippen molar-refractivity contribution in [3.8, 4) is 5.75 Å². The van der Waals surface area contributed by atoms with Crippen LogP contribution in [-0.4, -0.2) is 23.2 Å². The van der Waals surface area contributed by atoms with E-state index in [1.807, 2.05) is 0 Å². The Morgan fingerprint density at radius 1 is 1.65 bits per heavy atom. The van der Waals surface area contributed by atoms with E-state index >= 15 is 0 Å². The maximum atomic E-state index is 12.6. The Morgan fingerprint density at radius 2 is 2.29 bits per heavy atom. The van der Waals surface area contributed by atoms with Gasteiger partial charge in [-0.25, -0.2) is 13.8 Å². The van der Waals surface area contributed by atoms with Crippen LogP contribution in [0.1, 0.15) is 23.4 Å². The number of pyridine rings is 1. The molecule has 94 valence electrons. The minimum atomic E-state index is -2.93. The highest BCUT2D eigenvalue weighted by atomic mass is 19.3. The summed E-state index contributed by atoms with van der Waals surface area (Å²) in [4.78, 5) is 14.5. The Balaban J connectivity index is 3.19. The van der Waals surface area contributed by atoms with Crippen molar-refractivity contribution < 1.29 is 23.4 Å². The number of aromatic hydroxyl groups is 1. The molecule has 0 bridgehead atoms. The zero-order valence-corrected chi connectivity index (χ0v) is 9.11.